The Morgan fingerprint density at radius 1 is 1.56 bits per heavy atom. The van der Waals surface area contributed by atoms with Crippen molar-refractivity contribution in [2.45, 2.75) is 24.3 Å². The van der Waals surface area contributed by atoms with Gasteiger partial charge in [-0.3, -0.25) is 0 Å². The standard InChI is InChI=1S/C13H18ClNS/c1-3-8-15-12(4-2)10-16-13-7-5-6-11(14)9-13/h4-7,9,12,15H,2-3,8,10H2,1H3. The molecule has 1 nitrogen and oxygen atoms in total. The summed E-state index contributed by atoms with van der Waals surface area (Å²) in [5.41, 5.74) is 0. The maximum atomic E-state index is 5.93. The number of nitrogens with one attached hydrogen (secondary N) is 1. The molecule has 0 bridgehead atoms. The van der Waals surface area contributed by atoms with Crippen molar-refractivity contribution in [2.24, 2.45) is 0 Å². The van der Waals surface area contributed by atoms with E-state index in [0.29, 0.717) is 6.04 Å². The van der Waals surface area contributed by atoms with Crippen molar-refractivity contribution in [3.8, 4) is 0 Å². The molecule has 1 aromatic rings. The van der Waals surface area contributed by atoms with Crippen LogP contribution in [0.5, 0.6) is 0 Å². The summed E-state index contributed by atoms with van der Waals surface area (Å²) in [6.07, 6.45) is 3.11. The number of rotatable bonds is 7. The van der Waals surface area contributed by atoms with Gasteiger partial charge in [-0.15, -0.1) is 18.3 Å². The third kappa shape index (κ3) is 5.06. The summed E-state index contributed by atoms with van der Waals surface area (Å²) in [5.74, 6) is 0.990. The number of halogens is 1. The summed E-state index contributed by atoms with van der Waals surface area (Å²) in [6, 6.07) is 8.31. The molecule has 0 saturated heterocycles. The first kappa shape index (κ1) is 13.6. The molecule has 0 aromatic heterocycles. The van der Waals surface area contributed by atoms with Crippen molar-refractivity contribution < 1.29 is 0 Å². The Hall–Kier alpha value is -0.440. The molecule has 0 saturated carbocycles. The van der Waals surface area contributed by atoms with E-state index in [1.54, 1.807) is 11.8 Å². The third-order valence-electron chi connectivity index (χ3n) is 2.17. The van der Waals surface area contributed by atoms with Crippen LogP contribution in [0.25, 0.3) is 0 Å². The van der Waals surface area contributed by atoms with E-state index in [1.807, 2.05) is 24.3 Å². The number of thioether (sulfide) groups is 1. The van der Waals surface area contributed by atoms with Crippen LogP contribution in [0.2, 0.25) is 5.02 Å². The molecule has 1 unspecified atom stereocenters. The molecule has 1 N–H and O–H groups in total. The lowest BCUT2D eigenvalue weighted by Gasteiger charge is -2.13. The second kappa shape index (κ2) is 7.77. The fourth-order valence-corrected chi connectivity index (χ4v) is 2.55. The van der Waals surface area contributed by atoms with Gasteiger partial charge in [-0.05, 0) is 31.2 Å². The fourth-order valence-electron chi connectivity index (χ4n) is 1.28. The van der Waals surface area contributed by atoms with Crippen molar-refractivity contribution in [1.29, 1.82) is 0 Å². The molecule has 16 heavy (non-hydrogen) atoms. The summed E-state index contributed by atoms with van der Waals surface area (Å²) in [5, 5.41) is 4.23. The molecule has 88 valence electrons. The van der Waals surface area contributed by atoms with E-state index in [-0.39, 0.29) is 0 Å². The topological polar surface area (TPSA) is 12.0 Å². The second-order valence-electron chi connectivity index (χ2n) is 3.56. The van der Waals surface area contributed by atoms with E-state index in [1.165, 1.54) is 4.90 Å². The Balaban J connectivity index is 2.40. The van der Waals surface area contributed by atoms with Crippen LogP contribution in [0.15, 0.2) is 41.8 Å². The SMILES string of the molecule is C=CC(CSc1cccc(Cl)c1)NCCC. The minimum absolute atomic E-state index is 0.365. The van der Waals surface area contributed by atoms with Crippen LogP contribution in [-0.2, 0) is 0 Å². The van der Waals surface area contributed by atoms with Crippen LogP contribution in [0.3, 0.4) is 0 Å². The van der Waals surface area contributed by atoms with E-state index < -0.39 is 0 Å². The van der Waals surface area contributed by atoms with E-state index in [2.05, 4.69) is 24.9 Å². The molecule has 0 heterocycles. The number of hydrogen-bond acceptors (Lipinski definition) is 2. The first-order valence-corrected chi connectivity index (χ1v) is 6.87. The molecule has 0 radical (unpaired) electrons. The van der Waals surface area contributed by atoms with Gasteiger partial charge < -0.3 is 5.32 Å². The monoisotopic (exact) mass is 255 g/mol. The van der Waals surface area contributed by atoms with Crippen molar-refractivity contribution in [3.63, 3.8) is 0 Å². The van der Waals surface area contributed by atoms with Crippen LogP contribution in [-0.4, -0.2) is 18.3 Å². The molecular weight excluding hydrogens is 238 g/mol. The third-order valence-corrected chi connectivity index (χ3v) is 3.51. The van der Waals surface area contributed by atoms with E-state index in [0.717, 1.165) is 23.7 Å². The van der Waals surface area contributed by atoms with Gasteiger partial charge in [-0.25, -0.2) is 0 Å². The van der Waals surface area contributed by atoms with Gasteiger partial charge in [-0.2, -0.15) is 0 Å². The minimum Gasteiger partial charge on any atom is -0.310 e. The molecule has 3 heteroatoms. The minimum atomic E-state index is 0.365. The number of benzene rings is 1. The van der Waals surface area contributed by atoms with E-state index in [4.69, 9.17) is 11.6 Å². The first-order chi connectivity index (χ1) is 7.76. The quantitative estimate of drug-likeness (QED) is 0.584. The average Bonchev–Trinajstić information content (AvgIpc) is 2.29. The average molecular weight is 256 g/mol. The van der Waals surface area contributed by atoms with E-state index >= 15 is 0 Å². The lowest BCUT2D eigenvalue weighted by atomic mass is 10.3. The highest BCUT2D eigenvalue weighted by Crippen LogP contribution is 2.22. The highest BCUT2D eigenvalue weighted by atomic mass is 35.5. The molecule has 0 aliphatic rings. The summed E-state index contributed by atoms with van der Waals surface area (Å²) in [7, 11) is 0. The zero-order chi connectivity index (χ0) is 11.8. The Kier molecular flexibility index (Phi) is 6.62. The van der Waals surface area contributed by atoms with Crippen molar-refractivity contribution >= 4 is 23.4 Å². The Morgan fingerprint density at radius 3 is 3.00 bits per heavy atom. The zero-order valence-electron chi connectivity index (χ0n) is 9.58. The van der Waals surface area contributed by atoms with Gasteiger partial charge >= 0.3 is 0 Å². The molecule has 0 aliphatic carbocycles. The van der Waals surface area contributed by atoms with Crippen LogP contribution in [0, 0.1) is 0 Å². The van der Waals surface area contributed by atoms with Gasteiger partial charge in [0.15, 0.2) is 0 Å². The molecule has 1 aromatic carbocycles. The maximum Gasteiger partial charge on any atom is 0.0417 e. The fraction of sp³-hybridized carbons (Fsp3) is 0.385. The molecule has 0 amide bonds. The Morgan fingerprint density at radius 2 is 2.38 bits per heavy atom. The van der Waals surface area contributed by atoms with Gasteiger partial charge in [0, 0.05) is 21.7 Å². The summed E-state index contributed by atoms with van der Waals surface area (Å²) < 4.78 is 0. The van der Waals surface area contributed by atoms with Gasteiger partial charge in [0.25, 0.3) is 0 Å². The second-order valence-corrected chi connectivity index (χ2v) is 5.09. The Labute approximate surface area is 107 Å². The van der Waals surface area contributed by atoms with Crippen molar-refractivity contribution in [3.05, 3.63) is 41.9 Å². The van der Waals surface area contributed by atoms with E-state index in [9.17, 15) is 0 Å². The molecular formula is C13H18ClNS. The summed E-state index contributed by atoms with van der Waals surface area (Å²) >= 11 is 7.73. The molecule has 0 aliphatic heterocycles. The number of hydrogen-bond donors (Lipinski definition) is 1. The lowest BCUT2D eigenvalue weighted by molar-refractivity contribution is 0.630. The molecule has 1 atom stereocenters. The highest BCUT2D eigenvalue weighted by molar-refractivity contribution is 7.99. The van der Waals surface area contributed by atoms with Gasteiger partial charge in [-0.1, -0.05) is 30.7 Å². The zero-order valence-corrected chi connectivity index (χ0v) is 11.2. The van der Waals surface area contributed by atoms with Crippen molar-refractivity contribution in [1.82, 2.24) is 5.32 Å². The highest BCUT2D eigenvalue weighted by Gasteiger charge is 2.03. The smallest absolute Gasteiger partial charge is 0.0417 e. The molecule has 0 spiro atoms. The summed E-state index contributed by atoms with van der Waals surface area (Å²) in [4.78, 5) is 1.21. The van der Waals surface area contributed by atoms with Gasteiger partial charge in [0.2, 0.25) is 0 Å². The van der Waals surface area contributed by atoms with Crippen LogP contribution in [0.1, 0.15) is 13.3 Å². The van der Waals surface area contributed by atoms with Crippen LogP contribution in [0.4, 0.5) is 0 Å². The molecule has 0 fully saturated rings. The van der Waals surface area contributed by atoms with Gasteiger partial charge in [0.05, 0.1) is 0 Å². The van der Waals surface area contributed by atoms with Crippen molar-refractivity contribution in [2.75, 3.05) is 12.3 Å². The Bertz CT molecular complexity index is 327. The normalized spacial score (nSPS) is 12.4. The lowest BCUT2D eigenvalue weighted by Crippen LogP contribution is -2.29. The predicted molar refractivity (Wildman–Crippen MR) is 74.5 cm³/mol. The van der Waals surface area contributed by atoms with Crippen LogP contribution < -0.4 is 5.32 Å². The predicted octanol–water partition coefficient (Wildman–Crippen LogP) is 3.99. The summed E-state index contributed by atoms with van der Waals surface area (Å²) in [6.45, 7) is 7.04. The first-order valence-electron chi connectivity index (χ1n) is 5.50. The molecule has 1 rings (SSSR count). The largest absolute Gasteiger partial charge is 0.310 e. The van der Waals surface area contributed by atoms with Crippen LogP contribution >= 0.6 is 23.4 Å². The maximum absolute atomic E-state index is 5.93. The van der Waals surface area contributed by atoms with Gasteiger partial charge in [0.1, 0.15) is 0 Å².